The molecule has 32 heavy (non-hydrogen) atoms. The van der Waals surface area contributed by atoms with Crippen LogP contribution < -0.4 is 20.1 Å². The predicted octanol–water partition coefficient (Wildman–Crippen LogP) is 4.83. The maximum atomic E-state index is 12.2. The topological polar surface area (TPSA) is 64.1 Å². The number of nitrogens with one attached hydrogen (secondary N) is 2. The van der Waals surface area contributed by atoms with Gasteiger partial charge in [-0.2, -0.15) is 13.2 Å². The van der Waals surface area contributed by atoms with Crippen LogP contribution in [0.15, 0.2) is 47.5 Å². The molecular formula is C22H29F3IN3O3. The number of rotatable bonds is 9. The Kier molecular flexibility index (Phi) is 11.6. The number of guanidine groups is 1. The first-order chi connectivity index (χ1) is 14.8. The van der Waals surface area contributed by atoms with Crippen LogP contribution in [0.5, 0.6) is 11.5 Å². The van der Waals surface area contributed by atoms with E-state index < -0.39 is 12.8 Å². The van der Waals surface area contributed by atoms with E-state index in [-0.39, 0.29) is 36.6 Å². The van der Waals surface area contributed by atoms with Crippen molar-refractivity contribution in [3.8, 4) is 11.5 Å². The minimum absolute atomic E-state index is 0. The van der Waals surface area contributed by atoms with E-state index in [1.54, 1.807) is 39.5 Å². The second-order valence-corrected chi connectivity index (χ2v) is 6.83. The summed E-state index contributed by atoms with van der Waals surface area (Å²) in [5.74, 6) is 2.01. The molecule has 1 unspecified atom stereocenters. The van der Waals surface area contributed by atoms with Crippen molar-refractivity contribution < 1.29 is 27.4 Å². The zero-order chi connectivity index (χ0) is 22.9. The van der Waals surface area contributed by atoms with E-state index in [0.717, 1.165) is 22.6 Å². The van der Waals surface area contributed by atoms with Crippen molar-refractivity contribution in [2.24, 2.45) is 4.99 Å². The van der Waals surface area contributed by atoms with E-state index in [1.807, 2.05) is 31.2 Å². The summed E-state index contributed by atoms with van der Waals surface area (Å²) >= 11 is 0. The molecule has 2 aromatic rings. The molecule has 2 rings (SSSR count). The summed E-state index contributed by atoms with van der Waals surface area (Å²) in [4.78, 5) is 4.24. The molecule has 0 aromatic heterocycles. The van der Waals surface area contributed by atoms with Gasteiger partial charge in [-0.1, -0.05) is 24.3 Å². The number of alkyl halides is 3. The van der Waals surface area contributed by atoms with Gasteiger partial charge in [0.25, 0.3) is 0 Å². The van der Waals surface area contributed by atoms with Crippen LogP contribution in [0.3, 0.4) is 0 Å². The third-order valence-corrected chi connectivity index (χ3v) is 4.47. The lowest BCUT2D eigenvalue weighted by molar-refractivity contribution is -0.176. The molecular weight excluding hydrogens is 538 g/mol. The van der Waals surface area contributed by atoms with E-state index in [1.165, 1.54) is 0 Å². The average molecular weight is 567 g/mol. The Morgan fingerprint density at radius 2 is 1.78 bits per heavy atom. The molecule has 0 aliphatic rings. The zero-order valence-corrected chi connectivity index (χ0v) is 20.8. The van der Waals surface area contributed by atoms with Gasteiger partial charge in [0, 0.05) is 19.2 Å². The highest BCUT2D eigenvalue weighted by molar-refractivity contribution is 14.0. The van der Waals surface area contributed by atoms with Crippen LogP contribution in [0, 0.1) is 0 Å². The minimum atomic E-state index is -4.33. The summed E-state index contributed by atoms with van der Waals surface area (Å²) in [6, 6.07) is 12.6. The van der Waals surface area contributed by atoms with Crippen molar-refractivity contribution in [2.75, 3.05) is 27.9 Å². The van der Waals surface area contributed by atoms with Gasteiger partial charge in [-0.05, 0) is 36.2 Å². The van der Waals surface area contributed by atoms with Crippen molar-refractivity contribution in [1.29, 1.82) is 0 Å². The molecule has 0 radical (unpaired) electrons. The van der Waals surface area contributed by atoms with Crippen LogP contribution in [0.25, 0.3) is 0 Å². The number of ether oxygens (including phenoxy) is 3. The molecule has 10 heteroatoms. The monoisotopic (exact) mass is 567 g/mol. The molecule has 0 aliphatic carbocycles. The van der Waals surface area contributed by atoms with Gasteiger partial charge in [0.05, 0.1) is 26.9 Å². The third kappa shape index (κ3) is 9.11. The van der Waals surface area contributed by atoms with E-state index in [2.05, 4.69) is 15.6 Å². The average Bonchev–Trinajstić information content (AvgIpc) is 2.75. The highest BCUT2D eigenvalue weighted by Gasteiger charge is 2.27. The summed E-state index contributed by atoms with van der Waals surface area (Å²) in [6.45, 7) is 1.04. The Labute approximate surface area is 203 Å². The second-order valence-electron chi connectivity index (χ2n) is 6.83. The van der Waals surface area contributed by atoms with Gasteiger partial charge in [-0.3, -0.25) is 4.99 Å². The van der Waals surface area contributed by atoms with E-state index >= 15 is 0 Å². The van der Waals surface area contributed by atoms with Crippen LogP contribution in [-0.2, 0) is 17.9 Å². The first kappa shape index (κ1) is 27.8. The van der Waals surface area contributed by atoms with Crippen molar-refractivity contribution in [1.82, 2.24) is 10.6 Å². The summed E-state index contributed by atoms with van der Waals surface area (Å²) in [7, 11) is 4.87. The van der Waals surface area contributed by atoms with Gasteiger partial charge in [0.2, 0.25) is 0 Å². The maximum absolute atomic E-state index is 12.2. The van der Waals surface area contributed by atoms with Gasteiger partial charge < -0.3 is 24.8 Å². The first-order valence-electron chi connectivity index (χ1n) is 9.67. The number of hydrogen-bond donors (Lipinski definition) is 2. The van der Waals surface area contributed by atoms with Crippen molar-refractivity contribution in [3.63, 3.8) is 0 Å². The summed E-state index contributed by atoms with van der Waals surface area (Å²) in [5, 5.41) is 6.50. The van der Waals surface area contributed by atoms with Crippen LogP contribution in [-0.4, -0.2) is 40.0 Å². The fraction of sp³-hybridized carbons (Fsp3) is 0.409. The quantitative estimate of drug-likeness (QED) is 0.259. The van der Waals surface area contributed by atoms with Crippen molar-refractivity contribution >= 4 is 29.9 Å². The molecule has 0 saturated heterocycles. The molecule has 0 aliphatic heterocycles. The summed E-state index contributed by atoms with van der Waals surface area (Å²) < 4.78 is 52.2. The van der Waals surface area contributed by atoms with Crippen LogP contribution in [0.1, 0.15) is 29.7 Å². The van der Waals surface area contributed by atoms with Gasteiger partial charge >= 0.3 is 6.18 Å². The Hall–Kier alpha value is -2.21. The number of halogens is 4. The highest BCUT2D eigenvalue weighted by Crippen LogP contribution is 2.29. The Morgan fingerprint density at radius 3 is 2.41 bits per heavy atom. The summed E-state index contributed by atoms with van der Waals surface area (Å²) in [5.41, 5.74) is 2.47. The Morgan fingerprint density at radius 1 is 1.06 bits per heavy atom. The lowest BCUT2D eigenvalue weighted by Gasteiger charge is -2.21. The molecule has 6 nitrogen and oxygen atoms in total. The minimum Gasteiger partial charge on any atom is -0.497 e. The fourth-order valence-electron chi connectivity index (χ4n) is 2.96. The molecule has 2 N–H and O–H groups in total. The SMILES string of the molecule is CN=C(NCc1cccc(COCC(F)(F)F)c1)NC(C)c1cc(OC)ccc1OC.I. The normalized spacial score (nSPS) is 12.5. The molecule has 0 fully saturated rings. The van der Waals surface area contributed by atoms with Gasteiger partial charge in [0.1, 0.15) is 18.1 Å². The van der Waals surface area contributed by atoms with Crippen LogP contribution >= 0.6 is 24.0 Å². The molecule has 178 valence electrons. The first-order valence-corrected chi connectivity index (χ1v) is 9.67. The van der Waals surface area contributed by atoms with Gasteiger partial charge in [-0.25, -0.2) is 0 Å². The number of aliphatic imine (C=N–C) groups is 1. The number of methoxy groups -OCH3 is 2. The largest absolute Gasteiger partial charge is 0.497 e. The van der Waals surface area contributed by atoms with Crippen molar-refractivity contribution in [3.05, 3.63) is 59.2 Å². The summed E-state index contributed by atoms with van der Waals surface area (Å²) in [6.07, 6.45) is -4.33. The molecule has 0 saturated carbocycles. The van der Waals surface area contributed by atoms with Gasteiger partial charge in [0.15, 0.2) is 5.96 Å². The predicted molar refractivity (Wildman–Crippen MR) is 129 cm³/mol. The number of nitrogens with zero attached hydrogens (tertiary/aromatic N) is 1. The molecule has 0 heterocycles. The number of benzene rings is 2. The van der Waals surface area contributed by atoms with Crippen LogP contribution in [0.2, 0.25) is 0 Å². The molecule has 0 spiro atoms. The van der Waals surface area contributed by atoms with E-state index in [0.29, 0.717) is 18.1 Å². The zero-order valence-electron chi connectivity index (χ0n) is 18.5. The lowest BCUT2D eigenvalue weighted by atomic mass is 10.1. The smallest absolute Gasteiger partial charge is 0.411 e. The second kappa shape index (κ2) is 13.4. The lowest BCUT2D eigenvalue weighted by Crippen LogP contribution is -2.38. The molecule has 1 atom stereocenters. The molecule has 0 amide bonds. The van der Waals surface area contributed by atoms with Crippen molar-refractivity contribution in [2.45, 2.75) is 32.3 Å². The molecule has 2 aromatic carbocycles. The molecule has 0 bridgehead atoms. The fourth-order valence-corrected chi connectivity index (χ4v) is 2.96. The Balaban J connectivity index is 0.00000512. The number of hydrogen-bond acceptors (Lipinski definition) is 4. The van der Waals surface area contributed by atoms with Gasteiger partial charge in [-0.15, -0.1) is 24.0 Å². The standard InChI is InChI=1S/C22H28F3N3O3.HI/c1-15(19-11-18(29-3)8-9-20(19)30-4)28-21(26-2)27-12-16-6-5-7-17(10-16)13-31-14-22(23,24)25;/h5-11,15H,12-14H2,1-4H3,(H2,26,27,28);1H. The maximum Gasteiger partial charge on any atom is 0.411 e. The third-order valence-electron chi connectivity index (χ3n) is 4.47. The van der Waals surface area contributed by atoms with E-state index in [4.69, 9.17) is 14.2 Å². The van der Waals surface area contributed by atoms with E-state index in [9.17, 15) is 13.2 Å². The van der Waals surface area contributed by atoms with Crippen LogP contribution in [0.4, 0.5) is 13.2 Å². The Bertz CT molecular complexity index is 879. The highest BCUT2D eigenvalue weighted by atomic mass is 127.